The van der Waals surface area contributed by atoms with Crippen LogP contribution >= 0.6 is 8.03 Å². The number of hydrogen-bond acceptors (Lipinski definition) is 2. The fourth-order valence-corrected chi connectivity index (χ4v) is 1.80. The maximum absolute atomic E-state index is 10.9. The van der Waals surface area contributed by atoms with E-state index in [1.165, 1.54) is 6.07 Å². The number of aryl methyl sites for hydroxylation is 1. The van der Waals surface area contributed by atoms with Crippen molar-refractivity contribution in [2.45, 2.75) is 12.8 Å². The molecule has 2 N–H and O–H groups in total. The molecule has 1 atom stereocenters. The Morgan fingerprint density at radius 2 is 1.93 bits per heavy atom. The van der Waals surface area contributed by atoms with Crippen molar-refractivity contribution >= 4 is 19.3 Å². The first-order valence-electron chi connectivity index (χ1n) is 4.07. The maximum Gasteiger partial charge on any atom is 0.546 e. The van der Waals surface area contributed by atoms with E-state index >= 15 is 0 Å². The van der Waals surface area contributed by atoms with E-state index in [4.69, 9.17) is 10.00 Å². The van der Waals surface area contributed by atoms with Gasteiger partial charge >= 0.3 is 14.0 Å². The Hall–Kier alpha value is -0.731. The van der Waals surface area contributed by atoms with Crippen LogP contribution in [0.4, 0.5) is 0 Å². The quantitative estimate of drug-likeness (QED) is 0.633. The van der Waals surface area contributed by atoms with Crippen LogP contribution in [0, 0.1) is 0 Å². The van der Waals surface area contributed by atoms with Gasteiger partial charge < -0.3 is 5.11 Å². The van der Waals surface area contributed by atoms with Gasteiger partial charge in [-0.05, 0) is 17.1 Å². The number of carbonyl (C=O) groups is 1. The molecule has 1 aromatic carbocycles. The van der Waals surface area contributed by atoms with Crippen LogP contribution in [-0.2, 0) is 32.8 Å². The van der Waals surface area contributed by atoms with Crippen LogP contribution in [-0.4, -0.2) is 16.0 Å². The van der Waals surface area contributed by atoms with Gasteiger partial charge in [-0.2, -0.15) is 4.89 Å². The third-order valence-electron chi connectivity index (χ3n) is 1.81. The van der Waals surface area contributed by atoms with E-state index in [0.29, 0.717) is 10.9 Å². The molecule has 0 aromatic heterocycles. The summed E-state index contributed by atoms with van der Waals surface area (Å²) < 4.78 is 10.9. The van der Waals surface area contributed by atoms with Crippen molar-refractivity contribution in [2.24, 2.45) is 0 Å². The summed E-state index contributed by atoms with van der Waals surface area (Å²) in [4.78, 5) is 19.3. The molecule has 1 rings (SSSR count). The van der Waals surface area contributed by atoms with E-state index in [0.717, 1.165) is 0 Å². The second-order valence-corrected chi connectivity index (χ2v) is 3.82. The maximum atomic E-state index is 10.9. The summed E-state index contributed by atoms with van der Waals surface area (Å²) in [6, 6.07) is 6.58. The summed E-state index contributed by atoms with van der Waals surface area (Å²) in [7, 11) is -2.39. The number of carboxylic acids is 1. The minimum absolute atomic E-state index is 0. The molecule has 0 heterocycles. The van der Waals surface area contributed by atoms with Gasteiger partial charge in [-0.15, -0.1) is 0 Å². The molecular formula is C9H10FeO4P+. The Kier molecular flexibility index (Phi) is 6.37. The molecule has 82 valence electrons. The molecule has 0 bridgehead atoms. The van der Waals surface area contributed by atoms with Gasteiger partial charge in [0.05, 0.1) is 0 Å². The molecule has 0 aliphatic carbocycles. The fourth-order valence-electron chi connectivity index (χ4n) is 1.15. The molecule has 0 saturated carbocycles. The SMILES string of the molecule is O=C(O)CCc1ccccc1[P+](=O)O.[Fe]. The van der Waals surface area contributed by atoms with Crippen molar-refractivity contribution in [3.8, 4) is 0 Å². The van der Waals surface area contributed by atoms with Gasteiger partial charge in [-0.3, -0.25) is 4.79 Å². The van der Waals surface area contributed by atoms with Gasteiger partial charge in [0.15, 0.2) is 0 Å². The number of aliphatic carboxylic acids is 1. The molecule has 0 fully saturated rings. The third kappa shape index (κ3) is 4.54. The zero-order valence-corrected chi connectivity index (χ0v) is 9.73. The Bertz CT molecular complexity index is 367. The van der Waals surface area contributed by atoms with Crippen molar-refractivity contribution in [1.82, 2.24) is 0 Å². The third-order valence-corrected chi connectivity index (χ3v) is 2.65. The molecule has 0 amide bonds. The topological polar surface area (TPSA) is 74.6 Å². The molecular weight excluding hydrogens is 259 g/mol. The van der Waals surface area contributed by atoms with Crippen LogP contribution < -0.4 is 5.30 Å². The molecule has 0 aliphatic heterocycles. The molecule has 15 heavy (non-hydrogen) atoms. The van der Waals surface area contributed by atoms with Crippen LogP contribution in [0.2, 0.25) is 0 Å². The Morgan fingerprint density at radius 1 is 1.33 bits per heavy atom. The largest absolute Gasteiger partial charge is 0.546 e. The molecule has 1 unspecified atom stereocenters. The minimum atomic E-state index is -2.39. The summed E-state index contributed by atoms with van der Waals surface area (Å²) in [5.74, 6) is -0.909. The Morgan fingerprint density at radius 3 is 2.47 bits per heavy atom. The molecule has 0 aliphatic rings. The van der Waals surface area contributed by atoms with Crippen molar-refractivity contribution in [1.29, 1.82) is 0 Å². The van der Waals surface area contributed by atoms with Crippen molar-refractivity contribution in [3.05, 3.63) is 29.8 Å². The van der Waals surface area contributed by atoms with Crippen molar-refractivity contribution < 1.29 is 36.4 Å². The monoisotopic (exact) mass is 269 g/mol. The molecule has 0 saturated heterocycles. The van der Waals surface area contributed by atoms with Gasteiger partial charge in [0.2, 0.25) is 5.30 Å². The van der Waals surface area contributed by atoms with E-state index in [1.54, 1.807) is 18.2 Å². The summed E-state index contributed by atoms with van der Waals surface area (Å²) in [6.45, 7) is 0. The molecule has 4 nitrogen and oxygen atoms in total. The predicted molar refractivity (Wildman–Crippen MR) is 51.9 cm³/mol. The summed E-state index contributed by atoms with van der Waals surface area (Å²) in [6.07, 6.45) is 0.257. The number of hydrogen-bond donors (Lipinski definition) is 2. The second-order valence-electron chi connectivity index (χ2n) is 2.80. The summed E-state index contributed by atoms with van der Waals surface area (Å²) >= 11 is 0. The first-order valence-corrected chi connectivity index (χ1v) is 5.28. The average molecular weight is 269 g/mol. The zero-order chi connectivity index (χ0) is 10.6. The zero-order valence-electron chi connectivity index (χ0n) is 7.74. The van der Waals surface area contributed by atoms with E-state index in [2.05, 4.69) is 0 Å². The van der Waals surface area contributed by atoms with Crippen LogP contribution in [0.5, 0.6) is 0 Å². The Labute approximate surface area is 98.7 Å². The van der Waals surface area contributed by atoms with Gasteiger partial charge in [0.25, 0.3) is 0 Å². The first-order chi connectivity index (χ1) is 6.61. The van der Waals surface area contributed by atoms with Crippen molar-refractivity contribution in [2.75, 3.05) is 0 Å². The first kappa shape index (κ1) is 14.3. The van der Waals surface area contributed by atoms with Gasteiger partial charge in [-0.1, -0.05) is 18.2 Å². The molecule has 0 spiro atoms. The number of rotatable bonds is 4. The summed E-state index contributed by atoms with van der Waals surface area (Å²) in [5.41, 5.74) is 0.624. The fraction of sp³-hybridized carbons (Fsp3) is 0.222. The average Bonchev–Trinajstić information content (AvgIpc) is 2.15. The van der Waals surface area contributed by atoms with Gasteiger partial charge in [0, 0.05) is 29.1 Å². The standard InChI is InChI=1S/C9H9O4P.Fe/c10-9(11)6-5-7-3-1-2-4-8(7)14(12)13;/h1-4H,5-6H2,(H-,10,11,12,13);/p+1. The molecule has 6 heteroatoms. The van der Waals surface area contributed by atoms with Crippen LogP contribution in [0.15, 0.2) is 24.3 Å². The van der Waals surface area contributed by atoms with E-state index in [1.807, 2.05) is 0 Å². The van der Waals surface area contributed by atoms with E-state index in [-0.39, 0.29) is 29.9 Å². The minimum Gasteiger partial charge on any atom is -0.481 e. The molecule has 1 aromatic rings. The number of carboxylic acid groups (broad SMARTS) is 1. The van der Waals surface area contributed by atoms with Gasteiger partial charge in [0.1, 0.15) is 0 Å². The van der Waals surface area contributed by atoms with Gasteiger partial charge in [-0.25, -0.2) is 0 Å². The number of benzene rings is 1. The van der Waals surface area contributed by atoms with Crippen molar-refractivity contribution in [3.63, 3.8) is 0 Å². The predicted octanol–water partition coefficient (Wildman–Crippen LogP) is 1.06. The van der Waals surface area contributed by atoms with Crippen LogP contribution in [0.25, 0.3) is 0 Å². The summed E-state index contributed by atoms with van der Waals surface area (Å²) in [5, 5.41) is 8.79. The van der Waals surface area contributed by atoms with E-state index < -0.39 is 14.0 Å². The van der Waals surface area contributed by atoms with E-state index in [9.17, 15) is 9.36 Å². The van der Waals surface area contributed by atoms with Crippen LogP contribution in [0.3, 0.4) is 0 Å². The Balaban J connectivity index is 0.00000196. The molecule has 0 radical (unpaired) electrons. The smallest absolute Gasteiger partial charge is 0.481 e. The second kappa shape index (κ2) is 6.70. The normalized spacial score (nSPS) is 10.3. The van der Waals surface area contributed by atoms with Crippen LogP contribution in [0.1, 0.15) is 12.0 Å².